The molecule has 7 heteroatoms. The number of aliphatic hydroxyl groups is 1. The molecule has 162 valence electrons. The van der Waals surface area contributed by atoms with E-state index in [0.717, 1.165) is 0 Å². The zero-order valence-corrected chi connectivity index (χ0v) is 19.0. The van der Waals surface area contributed by atoms with Gasteiger partial charge in [-0.2, -0.15) is 5.26 Å². The van der Waals surface area contributed by atoms with Crippen LogP contribution in [0.1, 0.15) is 25.0 Å². The zero-order chi connectivity index (χ0) is 23.0. The molecule has 5 nitrogen and oxygen atoms in total. The van der Waals surface area contributed by atoms with Crippen LogP contribution in [-0.4, -0.2) is 17.4 Å². The van der Waals surface area contributed by atoms with E-state index in [-0.39, 0.29) is 5.92 Å². The quantitative estimate of drug-likeness (QED) is 0.499. The normalized spacial score (nSPS) is 20.7. The molecule has 1 N–H and O–H groups in total. The Bertz CT molecular complexity index is 1190. The van der Waals surface area contributed by atoms with Gasteiger partial charge in [-0.05, 0) is 72.1 Å². The minimum absolute atomic E-state index is 0.219. The fourth-order valence-corrected chi connectivity index (χ4v) is 4.71. The van der Waals surface area contributed by atoms with Gasteiger partial charge in [0, 0.05) is 21.4 Å². The summed E-state index contributed by atoms with van der Waals surface area (Å²) in [7, 11) is 0. The van der Waals surface area contributed by atoms with Crippen molar-refractivity contribution in [2.45, 2.75) is 25.6 Å². The predicted molar refractivity (Wildman–Crippen MR) is 127 cm³/mol. The van der Waals surface area contributed by atoms with Crippen molar-refractivity contribution in [3.8, 4) is 6.07 Å². The maximum atomic E-state index is 13.9. The van der Waals surface area contributed by atoms with E-state index in [1.54, 1.807) is 71.6 Å². The first-order valence-electron chi connectivity index (χ1n) is 10.1. The van der Waals surface area contributed by atoms with Crippen molar-refractivity contribution < 1.29 is 9.90 Å². The number of carbonyl (C=O) groups is 1. The highest BCUT2D eigenvalue weighted by Crippen LogP contribution is 2.49. The average Bonchev–Trinajstić information content (AvgIpc) is 3.02. The number of rotatable bonds is 4. The van der Waals surface area contributed by atoms with Gasteiger partial charge in [-0.25, -0.2) is 4.79 Å². The standard InChI is InChI=1S/C25H21Cl2N3O2/c1-16(2)25(18-5-3-4-17(14-18)15-28)23(31)29(21-10-6-19(26)7-11-21)24(32)30(25)22-12-8-20(27)9-13-22/h3-14,16,23,31H,1-2H3. The van der Waals surface area contributed by atoms with E-state index in [0.29, 0.717) is 32.5 Å². The summed E-state index contributed by atoms with van der Waals surface area (Å²) in [6, 6.07) is 22.5. The third-order valence-electron chi connectivity index (χ3n) is 5.93. The van der Waals surface area contributed by atoms with Crippen molar-refractivity contribution in [1.82, 2.24) is 0 Å². The van der Waals surface area contributed by atoms with Gasteiger partial charge in [0.2, 0.25) is 0 Å². The number of benzene rings is 3. The highest BCUT2D eigenvalue weighted by Gasteiger charge is 2.60. The molecule has 1 aliphatic heterocycles. The third-order valence-corrected chi connectivity index (χ3v) is 6.43. The highest BCUT2D eigenvalue weighted by molar-refractivity contribution is 6.31. The summed E-state index contributed by atoms with van der Waals surface area (Å²) in [6.45, 7) is 3.90. The number of hydrogen-bond donors (Lipinski definition) is 1. The SMILES string of the molecule is CC(C)C1(c2cccc(C#N)c2)C(O)N(c2ccc(Cl)cc2)C(=O)N1c1ccc(Cl)cc1. The fraction of sp³-hybridized carbons (Fsp3) is 0.200. The molecular weight excluding hydrogens is 445 g/mol. The number of nitriles is 1. The summed E-state index contributed by atoms with van der Waals surface area (Å²) in [5.74, 6) is -0.219. The largest absolute Gasteiger partial charge is 0.370 e. The van der Waals surface area contributed by atoms with Gasteiger partial charge < -0.3 is 5.11 Å². The molecular formula is C25H21Cl2N3O2. The van der Waals surface area contributed by atoms with Crippen molar-refractivity contribution in [1.29, 1.82) is 5.26 Å². The monoisotopic (exact) mass is 465 g/mol. The average molecular weight is 466 g/mol. The molecule has 2 amide bonds. The number of amides is 2. The van der Waals surface area contributed by atoms with Crippen LogP contribution in [-0.2, 0) is 5.54 Å². The van der Waals surface area contributed by atoms with Crippen LogP contribution >= 0.6 is 23.2 Å². The Hall–Kier alpha value is -3.04. The van der Waals surface area contributed by atoms with Gasteiger partial charge in [0.1, 0.15) is 5.54 Å². The maximum Gasteiger partial charge on any atom is 0.332 e. The second-order valence-electron chi connectivity index (χ2n) is 7.99. The van der Waals surface area contributed by atoms with Crippen LogP contribution < -0.4 is 9.80 Å². The number of halogens is 2. The summed E-state index contributed by atoms with van der Waals surface area (Å²) in [6.07, 6.45) is -1.24. The summed E-state index contributed by atoms with van der Waals surface area (Å²) < 4.78 is 0. The van der Waals surface area contributed by atoms with Gasteiger partial charge in [-0.1, -0.05) is 49.2 Å². The molecule has 2 unspecified atom stereocenters. The van der Waals surface area contributed by atoms with Crippen LogP contribution in [0.4, 0.5) is 16.2 Å². The van der Waals surface area contributed by atoms with E-state index >= 15 is 0 Å². The first kappa shape index (κ1) is 22.2. The van der Waals surface area contributed by atoms with E-state index in [2.05, 4.69) is 6.07 Å². The van der Waals surface area contributed by atoms with E-state index in [9.17, 15) is 15.2 Å². The van der Waals surface area contributed by atoms with Gasteiger partial charge in [0.05, 0.1) is 11.6 Å². The number of hydrogen-bond acceptors (Lipinski definition) is 3. The predicted octanol–water partition coefficient (Wildman–Crippen LogP) is 6.18. The minimum atomic E-state index is -1.24. The van der Waals surface area contributed by atoms with Crippen molar-refractivity contribution in [2.24, 2.45) is 5.92 Å². The molecule has 3 aromatic carbocycles. The first-order valence-corrected chi connectivity index (χ1v) is 10.9. The van der Waals surface area contributed by atoms with Crippen molar-refractivity contribution in [2.75, 3.05) is 9.80 Å². The van der Waals surface area contributed by atoms with Gasteiger partial charge >= 0.3 is 6.03 Å². The van der Waals surface area contributed by atoms with Crippen LogP contribution in [0.2, 0.25) is 10.0 Å². The van der Waals surface area contributed by atoms with Gasteiger partial charge in [0.15, 0.2) is 6.23 Å². The number of urea groups is 1. The second kappa shape index (κ2) is 8.48. The summed E-state index contributed by atoms with van der Waals surface area (Å²) in [5.41, 5.74) is 1.05. The van der Waals surface area contributed by atoms with E-state index in [4.69, 9.17) is 23.2 Å². The molecule has 1 saturated heterocycles. The Balaban J connectivity index is 2.00. The molecule has 0 radical (unpaired) electrons. The lowest BCUT2D eigenvalue weighted by molar-refractivity contribution is 0.0788. The van der Waals surface area contributed by atoms with Gasteiger partial charge in [-0.3, -0.25) is 9.80 Å². The highest BCUT2D eigenvalue weighted by atomic mass is 35.5. The lowest BCUT2D eigenvalue weighted by Crippen LogP contribution is -2.53. The summed E-state index contributed by atoms with van der Waals surface area (Å²) in [5, 5.41) is 22.3. The molecule has 0 saturated carbocycles. The Morgan fingerprint density at radius 3 is 2.06 bits per heavy atom. The molecule has 0 aromatic heterocycles. The van der Waals surface area contributed by atoms with E-state index in [1.807, 2.05) is 19.9 Å². The van der Waals surface area contributed by atoms with Crippen LogP contribution in [0.5, 0.6) is 0 Å². The topological polar surface area (TPSA) is 67.6 Å². The fourth-order valence-electron chi connectivity index (χ4n) is 4.46. The van der Waals surface area contributed by atoms with Crippen molar-refractivity contribution >= 4 is 40.6 Å². The first-order chi connectivity index (χ1) is 15.3. The molecule has 2 atom stereocenters. The number of anilines is 2. The number of nitrogens with zero attached hydrogens (tertiary/aromatic N) is 3. The van der Waals surface area contributed by atoms with E-state index < -0.39 is 17.8 Å². The summed E-state index contributed by atoms with van der Waals surface area (Å²) >= 11 is 12.1. The summed E-state index contributed by atoms with van der Waals surface area (Å²) in [4.78, 5) is 16.9. The molecule has 0 aliphatic carbocycles. The minimum Gasteiger partial charge on any atom is -0.370 e. The van der Waals surface area contributed by atoms with Crippen molar-refractivity contribution in [3.05, 3.63) is 94.0 Å². The molecule has 0 spiro atoms. The maximum absolute atomic E-state index is 13.9. The van der Waals surface area contributed by atoms with Gasteiger partial charge in [0.25, 0.3) is 0 Å². The number of aliphatic hydroxyl groups excluding tert-OH is 1. The van der Waals surface area contributed by atoms with Gasteiger partial charge in [-0.15, -0.1) is 0 Å². The molecule has 1 aliphatic rings. The number of carbonyl (C=O) groups excluding carboxylic acids is 1. The zero-order valence-electron chi connectivity index (χ0n) is 17.5. The van der Waals surface area contributed by atoms with Crippen LogP contribution in [0, 0.1) is 17.2 Å². The Labute approximate surface area is 197 Å². The molecule has 1 fully saturated rings. The Kier molecular flexibility index (Phi) is 5.87. The molecule has 4 rings (SSSR count). The van der Waals surface area contributed by atoms with E-state index in [1.165, 1.54) is 4.90 Å². The lowest BCUT2D eigenvalue weighted by Gasteiger charge is -2.43. The van der Waals surface area contributed by atoms with Crippen LogP contribution in [0.25, 0.3) is 0 Å². The lowest BCUT2D eigenvalue weighted by atomic mass is 9.76. The molecule has 32 heavy (non-hydrogen) atoms. The smallest absolute Gasteiger partial charge is 0.332 e. The molecule has 1 heterocycles. The third kappa shape index (κ3) is 3.41. The Morgan fingerprint density at radius 1 is 0.969 bits per heavy atom. The van der Waals surface area contributed by atoms with Crippen LogP contribution in [0.15, 0.2) is 72.8 Å². The van der Waals surface area contributed by atoms with Crippen LogP contribution in [0.3, 0.4) is 0 Å². The Morgan fingerprint density at radius 2 is 1.53 bits per heavy atom. The van der Waals surface area contributed by atoms with Crippen molar-refractivity contribution in [3.63, 3.8) is 0 Å². The molecule has 0 bridgehead atoms. The molecule has 3 aromatic rings. The second-order valence-corrected chi connectivity index (χ2v) is 8.86.